The number of nitrogens with one attached hydrogen (secondary N) is 1. The van der Waals surface area contributed by atoms with E-state index >= 15 is 0 Å². The minimum atomic E-state index is -0.920. The fourth-order valence-corrected chi connectivity index (χ4v) is 1.73. The average molecular weight is 321 g/mol. The number of furan rings is 1. The van der Waals surface area contributed by atoms with Gasteiger partial charge >= 0.3 is 5.97 Å². The van der Waals surface area contributed by atoms with E-state index in [4.69, 9.17) is 13.9 Å². The molecule has 1 aromatic carbocycles. The number of likely N-dealkylation sites (N-methyl/N-ethyl adjacent to an activating group) is 1. The highest BCUT2D eigenvalue weighted by Crippen LogP contribution is 2.16. The van der Waals surface area contributed by atoms with E-state index < -0.39 is 18.0 Å². The maximum Gasteiger partial charge on any atom is 0.375 e. The molecule has 7 heteroatoms. The van der Waals surface area contributed by atoms with Crippen LogP contribution in [0.3, 0.4) is 0 Å². The van der Waals surface area contributed by atoms with E-state index in [1.807, 2.05) is 0 Å². The lowest BCUT2D eigenvalue weighted by atomic mass is 10.3. The molecule has 1 atom stereocenters. The van der Waals surface area contributed by atoms with E-state index in [9.17, 15) is 14.0 Å². The Kier molecular flexibility index (Phi) is 5.35. The van der Waals surface area contributed by atoms with Crippen molar-refractivity contribution in [2.75, 3.05) is 7.05 Å². The van der Waals surface area contributed by atoms with Gasteiger partial charge in [-0.05, 0) is 43.3 Å². The summed E-state index contributed by atoms with van der Waals surface area (Å²) in [4.78, 5) is 23.1. The first-order chi connectivity index (χ1) is 11.0. The Labute approximate surface area is 132 Å². The van der Waals surface area contributed by atoms with Crippen molar-refractivity contribution in [1.29, 1.82) is 0 Å². The Morgan fingerprint density at radius 3 is 2.57 bits per heavy atom. The number of hydrogen-bond donors (Lipinski definition) is 1. The third-order valence-corrected chi connectivity index (χ3v) is 2.96. The lowest BCUT2D eigenvalue weighted by Crippen LogP contribution is -2.33. The highest BCUT2D eigenvalue weighted by molar-refractivity contribution is 5.89. The maximum absolute atomic E-state index is 12.8. The van der Waals surface area contributed by atoms with Gasteiger partial charge in [0.05, 0.1) is 0 Å². The van der Waals surface area contributed by atoms with Crippen LogP contribution in [0.1, 0.15) is 23.2 Å². The molecule has 0 bridgehead atoms. The average Bonchev–Trinajstić information content (AvgIpc) is 3.02. The van der Waals surface area contributed by atoms with E-state index in [2.05, 4.69) is 5.32 Å². The van der Waals surface area contributed by atoms with Crippen LogP contribution in [0, 0.1) is 5.82 Å². The Morgan fingerprint density at radius 1 is 1.22 bits per heavy atom. The third kappa shape index (κ3) is 4.57. The molecule has 0 aliphatic heterocycles. The SMILES string of the molecule is CNC(=O)C(C)OC(=O)c1ccc(COc2ccc(F)cc2)o1. The molecule has 0 radical (unpaired) electrons. The topological polar surface area (TPSA) is 77.8 Å². The molecule has 1 unspecified atom stereocenters. The summed E-state index contributed by atoms with van der Waals surface area (Å²) in [6.45, 7) is 1.53. The summed E-state index contributed by atoms with van der Waals surface area (Å²) in [6.07, 6.45) is -0.920. The van der Waals surface area contributed by atoms with Gasteiger partial charge in [0.1, 0.15) is 23.9 Å². The lowest BCUT2D eigenvalue weighted by Gasteiger charge is -2.10. The van der Waals surface area contributed by atoms with Crippen LogP contribution in [0.25, 0.3) is 0 Å². The number of esters is 1. The number of carbonyl (C=O) groups excluding carboxylic acids is 2. The zero-order chi connectivity index (χ0) is 16.8. The zero-order valence-electron chi connectivity index (χ0n) is 12.7. The second-order valence-corrected chi connectivity index (χ2v) is 4.67. The molecule has 6 nitrogen and oxygen atoms in total. The molecular weight excluding hydrogens is 305 g/mol. The minimum Gasteiger partial charge on any atom is -0.486 e. The first-order valence-corrected chi connectivity index (χ1v) is 6.89. The highest BCUT2D eigenvalue weighted by atomic mass is 19.1. The van der Waals surface area contributed by atoms with Crippen LogP contribution in [-0.2, 0) is 16.1 Å². The van der Waals surface area contributed by atoms with Gasteiger partial charge in [-0.3, -0.25) is 4.79 Å². The fourth-order valence-electron chi connectivity index (χ4n) is 1.73. The van der Waals surface area contributed by atoms with Crippen molar-refractivity contribution in [3.05, 3.63) is 53.7 Å². The summed E-state index contributed by atoms with van der Waals surface area (Å²) in [7, 11) is 1.45. The molecule has 0 spiro atoms. The quantitative estimate of drug-likeness (QED) is 0.826. The van der Waals surface area contributed by atoms with Crippen LogP contribution in [-0.4, -0.2) is 25.0 Å². The number of hydrogen-bond acceptors (Lipinski definition) is 5. The summed E-state index contributed by atoms with van der Waals surface area (Å²) < 4.78 is 28.4. The van der Waals surface area contributed by atoms with Crippen molar-refractivity contribution in [2.45, 2.75) is 19.6 Å². The predicted octanol–water partition coefficient (Wildman–Crippen LogP) is 2.29. The number of halogens is 1. The largest absolute Gasteiger partial charge is 0.486 e. The van der Waals surface area contributed by atoms with Gasteiger partial charge in [-0.15, -0.1) is 0 Å². The van der Waals surface area contributed by atoms with Crippen molar-refractivity contribution < 1.29 is 27.9 Å². The second-order valence-electron chi connectivity index (χ2n) is 4.67. The van der Waals surface area contributed by atoms with Gasteiger partial charge in [-0.2, -0.15) is 0 Å². The standard InChI is InChI=1S/C16H16FNO5/c1-10(15(19)18-2)22-16(20)14-8-7-13(23-14)9-21-12-5-3-11(17)4-6-12/h3-8,10H,9H2,1-2H3,(H,18,19). The predicted molar refractivity (Wildman–Crippen MR) is 78.4 cm³/mol. The van der Waals surface area contributed by atoms with E-state index in [1.165, 1.54) is 44.3 Å². The number of benzene rings is 1. The Bertz CT molecular complexity index is 680. The van der Waals surface area contributed by atoms with Crippen LogP contribution in [0.15, 0.2) is 40.8 Å². The Balaban J connectivity index is 1.91. The van der Waals surface area contributed by atoms with Gasteiger partial charge in [0.25, 0.3) is 5.91 Å². The van der Waals surface area contributed by atoms with Gasteiger partial charge in [0.15, 0.2) is 6.10 Å². The van der Waals surface area contributed by atoms with E-state index in [0.717, 1.165) is 0 Å². The van der Waals surface area contributed by atoms with Crippen LogP contribution in [0.5, 0.6) is 5.75 Å². The normalized spacial score (nSPS) is 11.6. The molecule has 0 aliphatic rings. The lowest BCUT2D eigenvalue weighted by molar-refractivity contribution is -0.128. The molecule has 1 amide bonds. The van der Waals surface area contributed by atoms with E-state index in [1.54, 1.807) is 6.07 Å². The van der Waals surface area contributed by atoms with Crippen molar-refractivity contribution in [3.8, 4) is 5.75 Å². The molecule has 23 heavy (non-hydrogen) atoms. The fraction of sp³-hybridized carbons (Fsp3) is 0.250. The molecule has 1 heterocycles. The molecule has 2 aromatic rings. The monoisotopic (exact) mass is 321 g/mol. The van der Waals surface area contributed by atoms with E-state index in [-0.39, 0.29) is 18.2 Å². The van der Waals surface area contributed by atoms with Crippen molar-refractivity contribution in [2.24, 2.45) is 0 Å². The summed E-state index contributed by atoms with van der Waals surface area (Å²) in [5.74, 6) is -0.669. The molecule has 122 valence electrons. The van der Waals surface area contributed by atoms with Crippen LogP contribution < -0.4 is 10.1 Å². The maximum atomic E-state index is 12.8. The summed E-state index contributed by atoms with van der Waals surface area (Å²) in [5, 5.41) is 2.38. The summed E-state index contributed by atoms with van der Waals surface area (Å²) in [5.41, 5.74) is 0. The first kappa shape index (κ1) is 16.5. The number of carbonyl (C=O) groups is 2. The van der Waals surface area contributed by atoms with Gasteiger partial charge in [-0.25, -0.2) is 9.18 Å². The molecule has 0 fully saturated rings. The molecule has 0 aliphatic carbocycles. The Morgan fingerprint density at radius 2 is 1.91 bits per heavy atom. The smallest absolute Gasteiger partial charge is 0.375 e. The van der Waals surface area contributed by atoms with Crippen LogP contribution in [0.4, 0.5) is 4.39 Å². The number of rotatable bonds is 6. The van der Waals surface area contributed by atoms with Gasteiger partial charge in [0.2, 0.25) is 5.76 Å². The Hall–Kier alpha value is -2.83. The molecule has 1 N–H and O–H groups in total. The first-order valence-electron chi connectivity index (χ1n) is 6.89. The second kappa shape index (κ2) is 7.44. The van der Waals surface area contributed by atoms with Gasteiger partial charge < -0.3 is 19.2 Å². The van der Waals surface area contributed by atoms with Crippen molar-refractivity contribution >= 4 is 11.9 Å². The molecule has 0 saturated carbocycles. The van der Waals surface area contributed by atoms with Crippen molar-refractivity contribution in [3.63, 3.8) is 0 Å². The number of ether oxygens (including phenoxy) is 2. The summed E-state index contributed by atoms with van der Waals surface area (Å²) in [6, 6.07) is 8.52. The van der Waals surface area contributed by atoms with Gasteiger partial charge in [0, 0.05) is 7.05 Å². The molecule has 0 saturated heterocycles. The van der Waals surface area contributed by atoms with Crippen molar-refractivity contribution in [1.82, 2.24) is 5.32 Å². The summed E-state index contributed by atoms with van der Waals surface area (Å²) >= 11 is 0. The third-order valence-electron chi connectivity index (χ3n) is 2.96. The van der Waals surface area contributed by atoms with E-state index in [0.29, 0.717) is 11.5 Å². The number of amides is 1. The highest BCUT2D eigenvalue weighted by Gasteiger charge is 2.20. The molecular formula is C16H16FNO5. The zero-order valence-corrected chi connectivity index (χ0v) is 12.7. The minimum absolute atomic E-state index is 0.0292. The van der Waals surface area contributed by atoms with Gasteiger partial charge in [-0.1, -0.05) is 0 Å². The molecule has 2 rings (SSSR count). The van der Waals surface area contributed by atoms with Crippen LogP contribution >= 0.6 is 0 Å². The molecule has 1 aromatic heterocycles. The van der Waals surface area contributed by atoms with Crippen LogP contribution in [0.2, 0.25) is 0 Å².